The third-order valence-corrected chi connectivity index (χ3v) is 4.62. The molecule has 1 saturated heterocycles. The summed E-state index contributed by atoms with van der Waals surface area (Å²) in [7, 11) is -1.22. The number of pyridine rings is 1. The summed E-state index contributed by atoms with van der Waals surface area (Å²) in [4.78, 5) is 15.8. The molecule has 0 radical (unpaired) electrons. The SMILES string of the molecule is CNc1ccc(C(=O)NC2CCS(=O)(=O)C2)nc1. The van der Waals surface area contributed by atoms with Crippen LogP contribution in [0.2, 0.25) is 0 Å². The van der Waals surface area contributed by atoms with Crippen LogP contribution < -0.4 is 10.6 Å². The summed E-state index contributed by atoms with van der Waals surface area (Å²) in [6.07, 6.45) is 2.03. The Hall–Kier alpha value is -1.63. The number of carbonyl (C=O) groups is 1. The van der Waals surface area contributed by atoms with Crippen LogP contribution >= 0.6 is 0 Å². The fraction of sp³-hybridized carbons (Fsp3) is 0.455. The maximum atomic E-state index is 11.8. The van der Waals surface area contributed by atoms with Gasteiger partial charge >= 0.3 is 0 Å². The molecular weight excluding hydrogens is 254 g/mol. The number of aromatic nitrogens is 1. The summed E-state index contributed by atoms with van der Waals surface area (Å²) in [6.45, 7) is 0. The van der Waals surface area contributed by atoms with Crippen molar-refractivity contribution in [3.05, 3.63) is 24.0 Å². The van der Waals surface area contributed by atoms with Crippen LogP contribution in [-0.4, -0.2) is 43.9 Å². The van der Waals surface area contributed by atoms with Gasteiger partial charge in [-0.1, -0.05) is 0 Å². The number of hydrogen-bond acceptors (Lipinski definition) is 5. The van der Waals surface area contributed by atoms with Crippen LogP contribution in [0.15, 0.2) is 18.3 Å². The zero-order valence-corrected chi connectivity index (χ0v) is 10.8. The van der Waals surface area contributed by atoms with Crippen molar-refractivity contribution in [2.75, 3.05) is 23.9 Å². The molecule has 0 spiro atoms. The average molecular weight is 269 g/mol. The Morgan fingerprint density at radius 3 is 2.72 bits per heavy atom. The molecule has 1 unspecified atom stereocenters. The van der Waals surface area contributed by atoms with Gasteiger partial charge in [-0.3, -0.25) is 4.79 Å². The van der Waals surface area contributed by atoms with Crippen molar-refractivity contribution >= 4 is 21.4 Å². The second kappa shape index (κ2) is 4.93. The van der Waals surface area contributed by atoms with E-state index in [1.165, 1.54) is 0 Å². The third-order valence-electron chi connectivity index (χ3n) is 2.85. The van der Waals surface area contributed by atoms with Gasteiger partial charge in [0.1, 0.15) is 5.69 Å². The second-order valence-corrected chi connectivity index (χ2v) is 6.48. The van der Waals surface area contributed by atoms with Gasteiger partial charge in [-0.2, -0.15) is 0 Å². The van der Waals surface area contributed by atoms with Crippen LogP contribution in [0.1, 0.15) is 16.9 Å². The molecule has 0 saturated carbocycles. The van der Waals surface area contributed by atoms with Crippen LogP contribution in [-0.2, 0) is 9.84 Å². The molecule has 2 rings (SSSR count). The molecule has 2 N–H and O–H groups in total. The number of nitrogens with zero attached hydrogens (tertiary/aromatic N) is 1. The first-order chi connectivity index (χ1) is 8.50. The van der Waals surface area contributed by atoms with Crippen LogP contribution in [0.3, 0.4) is 0 Å². The molecule has 2 heterocycles. The van der Waals surface area contributed by atoms with Crippen molar-refractivity contribution in [2.45, 2.75) is 12.5 Å². The van der Waals surface area contributed by atoms with Crippen molar-refractivity contribution in [3.8, 4) is 0 Å². The highest BCUT2D eigenvalue weighted by molar-refractivity contribution is 7.91. The number of carbonyl (C=O) groups excluding carboxylic acids is 1. The molecule has 1 aromatic heterocycles. The maximum Gasteiger partial charge on any atom is 0.270 e. The zero-order valence-electron chi connectivity index (χ0n) is 10.0. The van der Waals surface area contributed by atoms with Crippen molar-refractivity contribution < 1.29 is 13.2 Å². The molecule has 0 bridgehead atoms. The molecule has 1 fully saturated rings. The van der Waals surface area contributed by atoms with E-state index in [4.69, 9.17) is 0 Å². The monoisotopic (exact) mass is 269 g/mol. The molecule has 0 aliphatic carbocycles. The van der Waals surface area contributed by atoms with Gasteiger partial charge < -0.3 is 10.6 Å². The number of sulfone groups is 1. The number of nitrogens with one attached hydrogen (secondary N) is 2. The van der Waals surface area contributed by atoms with E-state index in [1.54, 1.807) is 25.4 Å². The third kappa shape index (κ3) is 2.98. The summed E-state index contributed by atoms with van der Waals surface area (Å²) in [6, 6.07) is 3.05. The first-order valence-electron chi connectivity index (χ1n) is 5.65. The molecule has 1 aliphatic heterocycles. The molecule has 0 aromatic carbocycles. The minimum absolute atomic E-state index is 0.0212. The molecular formula is C11H15N3O3S. The van der Waals surface area contributed by atoms with Crippen molar-refractivity contribution in [1.29, 1.82) is 0 Å². The van der Waals surface area contributed by atoms with E-state index in [2.05, 4.69) is 15.6 Å². The Morgan fingerprint density at radius 2 is 2.22 bits per heavy atom. The predicted octanol–water partition coefficient (Wildman–Crippen LogP) is 0.0402. The summed E-state index contributed by atoms with van der Waals surface area (Å²) in [5.41, 5.74) is 1.10. The van der Waals surface area contributed by atoms with Crippen LogP contribution in [0, 0.1) is 0 Å². The normalized spacial score (nSPS) is 21.5. The summed E-state index contributed by atoms with van der Waals surface area (Å²) >= 11 is 0. The van der Waals surface area contributed by atoms with Gasteiger partial charge in [0.15, 0.2) is 9.84 Å². The smallest absolute Gasteiger partial charge is 0.270 e. The highest BCUT2D eigenvalue weighted by Crippen LogP contribution is 2.12. The summed E-state index contributed by atoms with van der Waals surface area (Å²) < 4.78 is 22.5. The largest absolute Gasteiger partial charge is 0.387 e. The molecule has 18 heavy (non-hydrogen) atoms. The molecule has 1 atom stereocenters. The number of rotatable bonds is 3. The van der Waals surface area contributed by atoms with Crippen LogP contribution in [0.5, 0.6) is 0 Å². The topological polar surface area (TPSA) is 88.2 Å². The minimum atomic E-state index is -2.98. The Kier molecular flexibility index (Phi) is 3.51. The lowest BCUT2D eigenvalue weighted by Crippen LogP contribution is -2.36. The Bertz CT molecular complexity index is 539. The lowest BCUT2D eigenvalue weighted by atomic mass is 10.2. The number of amides is 1. The Morgan fingerprint density at radius 1 is 1.44 bits per heavy atom. The molecule has 98 valence electrons. The highest BCUT2D eigenvalue weighted by atomic mass is 32.2. The van der Waals surface area contributed by atoms with Crippen LogP contribution in [0.4, 0.5) is 5.69 Å². The van der Waals surface area contributed by atoms with E-state index in [0.717, 1.165) is 5.69 Å². The molecule has 1 aliphatic rings. The average Bonchev–Trinajstić information content (AvgIpc) is 2.68. The quantitative estimate of drug-likeness (QED) is 0.809. The molecule has 6 nitrogen and oxygen atoms in total. The fourth-order valence-electron chi connectivity index (χ4n) is 1.84. The first kappa shape index (κ1) is 12.8. The van der Waals surface area contributed by atoms with Gasteiger partial charge in [0.2, 0.25) is 0 Å². The molecule has 1 amide bonds. The lowest BCUT2D eigenvalue weighted by molar-refractivity contribution is 0.0936. The minimum Gasteiger partial charge on any atom is -0.387 e. The fourth-order valence-corrected chi connectivity index (χ4v) is 3.52. The molecule has 7 heteroatoms. The number of anilines is 1. The van der Waals surface area contributed by atoms with E-state index >= 15 is 0 Å². The lowest BCUT2D eigenvalue weighted by Gasteiger charge is -2.10. The second-order valence-electron chi connectivity index (χ2n) is 4.26. The van der Waals surface area contributed by atoms with Gasteiger partial charge in [0.25, 0.3) is 5.91 Å². The van der Waals surface area contributed by atoms with Gasteiger partial charge in [-0.15, -0.1) is 0 Å². The molecule has 1 aromatic rings. The van der Waals surface area contributed by atoms with Gasteiger partial charge in [0, 0.05) is 13.1 Å². The summed E-state index contributed by atoms with van der Waals surface area (Å²) in [5.74, 6) is -0.169. The van der Waals surface area contributed by atoms with Crippen molar-refractivity contribution in [2.24, 2.45) is 0 Å². The Balaban J connectivity index is 1.99. The van der Waals surface area contributed by atoms with E-state index in [9.17, 15) is 13.2 Å². The number of hydrogen-bond donors (Lipinski definition) is 2. The first-order valence-corrected chi connectivity index (χ1v) is 7.47. The van der Waals surface area contributed by atoms with Gasteiger partial charge in [-0.25, -0.2) is 13.4 Å². The standard InChI is InChI=1S/C11H15N3O3S/c1-12-8-2-3-10(13-6-8)11(15)14-9-4-5-18(16,17)7-9/h2-3,6,9,12H,4-5,7H2,1H3,(H,14,15). The van der Waals surface area contributed by atoms with Gasteiger partial charge in [0.05, 0.1) is 23.4 Å². The van der Waals surface area contributed by atoms with Gasteiger partial charge in [-0.05, 0) is 18.6 Å². The van der Waals surface area contributed by atoms with E-state index < -0.39 is 9.84 Å². The van der Waals surface area contributed by atoms with E-state index in [-0.39, 0.29) is 23.5 Å². The zero-order chi connectivity index (χ0) is 13.2. The van der Waals surface area contributed by atoms with Crippen molar-refractivity contribution in [1.82, 2.24) is 10.3 Å². The maximum absolute atomic E-state index is 11.8. The van der Waals surface area contributed by atoms with E-state index in [0.29, 0.717) is 12.1 Å². The van der Waals surface area contributed by atoms with Crippen LogP contribution in [0.25, 0.3) is 0 Å². The predicted molar refractivity (Wildman–Crippen MR) is 68.3 cm³/mol. The summed E-state index contributed by atoms with van der Waals surface area (Å²) in [5, 5.41) is 5.59. The van der Waals surface area contributed by atoms with Crippen molar-refractivity contribution in [3.63, 3.8) is 0 Å². The highest BCUT2D eigenvalue weighted by Gasteiger charge is 2.29. The van der Waals surface area contributed by atoms with E-state index in [1.807, 2.05) is 0 Å². The Labute approximate surface area is 106 Å².